The van der Waals surface area contributed by atoms with E-state index in [1.807, 2.05) is 22.7 Å². The Morgan fingerprint density at radius 3 is 0.990 bits per heavy atom. The number of benzene rings is 13. The number of thiophene rings is 2. The molecule has 0 saturated heterocycles. The zero-order valence-electron chi connectivity index (χ0n) is 53.7. The predicted molar refractivity (Wildman–Crippen MR) is 418 cm³/mol. The van der Waals surface area contributed by atoms with Crippen molar-refractivity contribution in [1.29, 1.82) is 0 Å². The van der Waals surface area contributed by atoms with Gasteiger partial charge in [-0.2, -0.15) is 0 Å². The SMILES string of the molecule is C1=Cc2c(c3cc(-c4ccc(N(c5ccc(-c6ccc(N(c7ccc(-c8ccc9c(c8)c8ccccc8n9-c8ccccc8)cc7)c7ccc(-c8ccc(-c9ccccc9)s8)cc7)cc6)cc5)c5ccc(-c6ccc(-c7ccccc7)s6)cc5)cc4)ccc3n2-c2ccccc2)CC1. The van der Waals surface area contributed by atoms with Crippen LogP contribution in [0.15, 0.2) is 358 Å². The molecule has 4 nitrogen and oxygen atoms in total. The number of aromatic nitrogens is 2. The minimum Gasteiger partial charge on any atom is -0.311 e. The standard InChI is InChI=1S/C92H64N4S2/c1-5-17-67(18-6-1)89-57-59-91(97-89)69-37-51-79(52-38-69)93(77-47-33-65(34-48-77)71-41-55-87-83(61-71)81-25-13-15-27-85(81)95(87)73-21-9-3-10-22-73)75-43-29-63(30-44-75)64-31-45-76(46-32-64)94(80-53-39-70(40-54-80)92-60-58-90(98-92)68-19-7-2-8-20-68)78-49-35-66(36-50-78)72-42-56-88-84(62-72)82-26-14-16-28-86(82)96(88)74-23-11-4-12-24-74/h1-13,15-25,27-62H,14,26H2. The fourth-order valence-corrected chi connectivity index (χ4v) is 16.5. The third-order valence-corrected chi connectivity index (χ3v) is 21.7. The number of hydrogen-bond acceptors (Lipinski definition) is 4. The van der Waals surface area contributed by atoms with E-state index in [9.17, 15) is 0 Å². The van der Waals surface area contributed by atoms with E-state index >= 15 is 0 Å². The molecule has 1 aliphatic carbocycles. The number of anilines is 6. The van der Waals surface area contributed by atoms with Gasteiger partial charge in [-0.05, 0) is 232 Å². The number of allylic oxidation sites excluding steroid dienone is 1. The molecule has 0 aliphatic heterocycles. The fraction of sp³-hybridized carbons (Fsp3) is 0.0217. The third kappa shape index (κ3) is 10.9. The van der Waals surface area contributed by atoms with Crippen LogP contribution in [0.2, 0.25) is 0 Å². The maximum atomic E-state index is 2.43. The van der Waals surface area contributed by atoms with Crippen LogP contribution in [0.25, 0.3) is 125 Å². The van der Waals surface area contributed by atoms with Gasteiger partial charge in [-0.1, -0.05) is 206 Å². The molecule has 0 fully saturated rings. The molecular formula is C92H64N4S2. The molecule has 98 heavy (non-hydrogen) atoms. The highest BCUT2D eigenvalue weighted by Crippen LogP contribution is 2.45. The summed E-state index contributed by atoms with van der Waals surface area (Å²) in [4.78, 5) is 9.78. The van der Waals surface area contributed by atoms with Gasteiger partial charge in [0.05, 0.1) is 16.6 Å². The summed E-state index contributed by atoms with van der Waals surface area (Å²) in [5.41, 5.74) is 27.1. The van der Waals surface area contributed by atoms with Gasteiger partial charge in [0, 0.05) is 86.9 Å². The molecule has 17 aromatic rings. The molecule has 0 bridgehead atoms. The lowest BCUT2D eigenvalue weighted by atomic mass is 9.97. The van der Waals surface area contributed by atoms with Crippen molar-refractivity contribution < 1.29 is 0 Å². The Morgan fingerprint density at radius 1 is 0.245 bits per heavy atom. The zero-order valence-corrected chi connectivity index (χ0v) is 55.3. The lowest BCUT2D eigenvalue weighted by molar-refractivity contribution is 0.967. The molecule has 18 rings (SSSR count). The highest BCUT2D eigenvalue weighted by Gasteiger charge is 2.22. The number of fused-ring (bicyclic) bond motifs is 6. The number of nitrogens with zero attached hydrogens (tertiary/aromatic N) is 4. The van der Waals surface area contributed by atoms with E-state index in [-0.39, 0.29) is 0 Å². The Morgan fingerprint density at radius 2 is 0.561 bits per heavy atom. The minimum absolute atomic E-state index is 1.03. The van der Waals surface area contributed by atoms with Crippen LogP contribution in [0.5, 0.6) is 0 Å². The van der Waals surface area contributed by atoms with Crippen molar-refractivity contribution in [2.45, 2.75) is 12.8 Å². The average Bonchev–Trinajstić information content (AvgIpc) is 1.59. The zero-order chi connectivity index (χ0) is 64.9. The molecule has 4 heterocycles. The first-order chi connectivity index (χ1) is 48.6. The first-order valence-electron chi connectivity index (χ1n) is 33.6. The number of rotatable bonds is 15. The Kier molecular flexibility index (Phi) is 15.1. The highest BCUT2D eigenvalue weighted by atomic mass is 32.1. The average molecular weight is 1290 g/mol. The quantitative estimate of drug-likeness (QED) is 0.102. The van der Waals surface area contributed by atoms with Gasteiger partial charge in [-0.15, -0.1) is 22.7 Å². The molecule has 0 spiro atoms. The molecule has 0 unspecified atom stereocenters. The van der Waals surface area contributed by atoms with E-state index in [0.717, 1.165) is 69.3 Å². The third-order valence-electron chi connectivity index (χ3n) is 19.3. The molecule has 1 aliphatic rings. The summed E-state index contributed by atoms with van der Waals surface area (Å²) < 4.78 is 4.80. The highest BCUT2D eigenvalue weighted by molar-refractivity contribution is 7.19. The van der Waals surface area contributed by atoms with E-state index in [0.29, 0.717) is 0 Å². The summed E-state index contributed by atoms with van der Waals surface area (Å²) in [6.07, 6.45) is 6.70. The molecule has 0 radical (unpaired) electrons. The van der Waals surface area contributed by atoms with E-state index in [4.69, 9.17) is 0 Å². The van der Waals surface area contributed by atoms with E-state index in [1.165, 1.54) is 108 Å². The molecule has 0 N–H and O–H groups in total. The van der Waals surface area contributed by atoms with E-state index in [1.54, 1.807) is 0 Å². The normalized spacial score (nSPS) is 12.0. The second kappa shape index (κ2) is 25.3. The van der Waals surface area contributed by atoms with Crippen LogP contribution in [0.3, 0.4) is 0 Å². The van der Waals surface area contributed by atoms with Gasteiger partial charge in [-0.25, -0.2) is 0 Å². The summed E-state index contributed by atoms with van der Waals surface area (Å²) in [6, 6.07) is 129. The van der Waals surface area contributed by atoms with Crippen LogP contribution in [0, 0.1) is 0 Å². The van der Waals surface area contributed by atoms with Crippen LogP contribution >= 0.6 is 22.7 Å². The topological polar surface area (TPSA) is 16.3 Å². The van der Waals surface area contributed by atoms with Gasteiger partial charge in [0.25, 0.3) is 0 Å². The van der Waals surface area contributed by atoms with Crippen molar-refractivity contribution >= 4 is 95.6 Å². The van der Waals surface area contributed by atoms with E-state index < -0.39 is 0 Å². The van der Waals surface area contributed by atoms with Crippen LogP contribution in [0.1, 0.15) is 17.7 Å². The predicted octanol–water partition coefficient (Wildman–Crippen LogP) is 26.4. The van der Waals surface area contributed by atoms with Gasteiger partial charge in [-0.3, -0.25) is 0 Å². The van der Waals surface area contributed by atoms with Crippen molar-refractivity contribution in [3.63, 3.8) is 0 Å². The first kappa shape index (κ1) is 58.5. The van der Waals surface area contributed by atoms with E-state index in [2.05, 4.69) is 383 Å². The Hall–Kier alpha value is -12.1. The van der Waals surface area contributed by atoms with Gasteiger partial charge in [0.2, 0.25) is 0 Å². The molecule has 6 heteroatoms. The monoisotopic (exact) mass is 1290 g/mol. The molecule has 13 aromatic carbocycles. The maximum Gasteiger partial charge on any atom is 0.0541 e. The Bertz CT molecular complexity index is 5730. The number of aryl methyl sites for hydroxylation is 1. The maximum absolute atomic E-state index is 2.43. The lowest BCUT2D eigenvalue weighted by Gasteiger charge is -2.27. The van der Waals surface area contributed by atoms with Crippen molar-refractivity contribution in [3.05, 3.63) is 369 Å². The fourth-order valence-electron chi connectivity index (χ4n) is 14.4. The minimum atomic E-state index is 1.03. The van der Waals surface area contributed by atoms with Gasteiger partial charge in [0.15, 0.2) is 0 Å². The van der Waals surface area contributed by atoms with Crippen LogP contribution in [-0.4, -0.2) is 9.13 Å². The summed E-state index contributed by atoms with van der Waals surface area (Å²) in [5.74, 6) is 0. The van der Waals surface area contributed by atoms with Crippen LogP contribution in [0.4, 0.5) is 34.1 Å². The molecule has 4 aromatic heterocycles. The number of hydrogen-bond donors (Lipinski definition) is 0. The summed E-state index contributed by atoms with van der Waals surface area (Å²) in [7, 11) is 0. The molecule has 464 valence electrons. The van der Waals surface area contributed by atoms with Gasteiger partial charge >= 0.3 is 0 Å². The largest absolute Gasteiger partial charge is 0.311 e. The second-order valence-corrected chi connectivity index (χ2v) is 27.3. The summed E-state index contributed by atoms with van der Waals surface area (Å²) in [5, 5.41) is 3.80. The van der Waals surface area contributed by atoms with Crippen molar-refractivity contribution in [2.24, 2.45) is 0 Å². The summed E-state index contributed by atoms with van der Waals surface area (Å²) in [6.45, 7) is 0. The Labute approximate surface area is 579 Å². The van der Waals surface area contributed by atoms with Crippen LogP contribution in [-0.2, 0) is 6.42 Å². The number of para-hydroxylation sites is 3. The lowest BCUT2D eigenvalue weighted by Crippen LogP contribution is -2.10. The second-order valence-electron chi connectivity index (χ2n) is 25.1. The summed E-state index contributed by atoms with van der Waals surface area (Å²) >= 11 is 3.66. The van der Waals surface area contributed by atoms with Crippen molar-refractivity contribution in [1.82, 2.24) is 9.13 Å². The molecule has 0 amide bonds. The van der Waals surface area contributed by atoms with Crippen molar-refractivity contribution in [3.8, 4) is 86.5 Å². The van der Waals surface area contributed by atoms with Crippen molar-refractivity contribution in [2.75, 3.05) is 9.80 Å². The first-order valence-corrected chi connectivity index (χ1v) is 35.2. The molecular weight excluding hydrogens is 1230 g/mol. The molecule has 0 atom stereocenters. The smallest absolute Gasteiger partial charge is 0.0541 e. The van der Waals surface area contributed by atoms with Gasteiger partial charge in [0.1, 0.15) is 0 Å². The Balaban J connectivity index is 0.669. The van der Waals surface area contributed by atoms with Crippen LogP contribution < -0.4 is 9.80 Å². The van der Waals surface area contributed by atoms with Gasteiger partial charge < -0.3 is 18.9 Å². The molecule has 0 saturated carbocycles.